The quantitative estimate of drug-likeness (QED) is 0.776. The summed E-state index contributed by atoms with van der Waals surface area (Å²) in [5.41, 5.74) is 1.89. The lowest BCUT2D eigenvalue weighted by molar-refractivity contribution is 0.536. The maximum atomic E-state index is 13.3. The second-order valence-electron chi connectivity index (χ2n) is 6.85. The molecule has 5 rings (SSSR count). The summed E-state index contributed by atoms with van der Waals surface area (Å²) in [6, 6.07) is 6.45. The summed E-state index contributed by atoms with van der Waals surface area (Å²) < 4.78 is 19.0. The predicted octanol–water partition coefficient (Wildman–Crippen LogP) is 2.25. The zero-order valence-corrected chi connectivity index (χ0v) is 14.1. The number of halogens is 1. The fraction of sp³-hybridized carbons (Fsp3) is 0.389. The Morgan fingerprint density at radius 2 is 1.85 bits per heavy atom. The van der Waals surface area contributed by atoms with E-state index in [1.165, 1.54) is 12.1 Å². The average molecular weight is 355 g/mol. The Kier molecular flexibility index (Phi) is 3.44. The van der Waals surface area contributed by atoms with E-state index in [0.29, 0.717) is 55.2 Å². The Hall–Kier alpha value is -2.90. The minimum absolute atomic E-state index is 0.0969. The first kappa shape index (κ1) is 15.4. The molecular formula is C18H18FN5O2. The van der Waals surface area contributed by atoms with Gasteiger partial charge in [-0.1, -0.05) is 0 Å². The topological polar surface area (TPSA) is 78.3 Å². The van der Waals surface area contributed by atoms with Crippen LogP contribution in [0.2, 0.25) is 0 Å². The number of benzene rings is 1. The van der Waals surface area contributed by atoms with Gasteiger partial charge >= 0.3 is 0 Å². The molecule has 0 radical (unpaired) electrons. The van der Waals surface area contributed by atoms with Gasteiger partial charge in [0.15, 0.2) is 5.58 Å². The van der Waals surface area contributed by atoms with Gasteiger partial charge in [-0.3, -0.25) is 9.78 Å². The molecule has 0 atom stereocenters. The lowest BCUT2D eigenvalue weighted by Crippen LogP contribution is -2.47. The third-order valence-electron chi connectivity index (χ3n) is 4.93. The van der Waals surface area contributed by atoms with Crippen molar-refractivity contribution in [3.63, 3.8) is 0 Å². The van der Waals surface area contributed by atoms with Crippen LogP contribution in [0.5, 0.6) is 0 Å². The molecule has 1 saturated heterocycles. The van der Waals surface area contributed by atoms with E-state index in [9.17, 15) is 9.18 Å². The fourth-order valence-electron chi connectivity index (χ4n) is 3.33. The maximum absolute atomic E-state index is 13.3. The highest BCUT2D eigenvalue weighted by molar-refractivity contribution is 5.74. The largest absolute Gasteiger partial charge is 0.423 e. The Bertz CT molecular complexity index is 1020. The first-order chi connectivity index (χ1) is 12.7. The molecule has 7 nitrogen and oxygen atoms in total. The summed E-state index contributed by atoms with van der Waals surface area (Å²) in [7, 11) is 0. The summed E-state index contributed by atoms with van der Waals surface area (Å²) in [6.07, 6.45) is 2.23. The third-order valence-corrected chi connectivity index (χ3v) is 4.93. The lowest BCUT2D eigenvalue weighted by atomic mass is 10.3. The molecule has 1 N–H and O–H groups in total. The van der Waals surface area contributed by atoms with Crippen molar-refractivity contribution in [2.24, 2.45) is 0 Å². The van der Waals surface area contributed by atoms with Crippen LogP contribution in [0.25, 0.3) is 11.1 Å². The van der Waals surface area contributed by atoms with E-state index < -0.39 is 0 Å². The summed E-state index contributed by atoms with van der Waals surface area (Å²) in [4.78, 5) is 27.9. The Morgan fingerprint density at radius 1 is 1.08 bits per heavy atom. The summed E-state index contributed by atoms with van der Waals surface area (Å²) in [5, 5.41) is 0. The Labute approximate surface area is 148 Å². The first-order valence-electron chi connectivity index (χ1n) is 8.83. The number of hydrogen-bond donors (Lipinski definition) is 1. The van der Waals surface area contributed by atoms with Gasteiger partial charge in [-0.15, -0.1) is 0 Å². The standard InChI is InChI=1S/C18H18FN5O2/c19-12-3-4-13-15(9-12)26-18(21-13)24-7-5-23(6-8-24)17-20-14(11-1-2-11)10-16(25)22-17/h3-4,9-11H,1-2,5-8H2,(H,20,22,25). The number of hydrogen-bond acceptors (Lipinski definition) is 6. The van der Waals surface area contributed by atoms with Crippen LogP contribution in [0, 0.1) is 5.82 Å². The number of nitrogens with zero attached hydrogens (tertiary/aromatic N) is 4. The molecule has 134 valence electrons. The van der Waals surface area contributed by atoms with Gasteiger partial charge < -0.3 is 14.2 Å². The number of aromatic nitrogens is 3. The van der Waals surface area contributed by atoms with Crippen molar-refractivity contribution in [2.45, 2.75) is 18.8 Å². The van der Waals surface area contributed by atoms with Gasteiger partial charge in [-0.25, -0.2) is 9.37 Å². The van der Waals surface area contributed by atoms with Crippen LogP contribution in [0.4, 0.5) is 16.4 Å². The van der Waals surface area contributed by atoms with Crippen LogP contribution in [0.15, 0.2) is 33.5 Å². The van der Waals surface area contributed by atoms with E-state index in [0.717, 1.165) is 18.5 Å². The summed E-state index contributed by atoms with van der Waals surface area (Å²) in [5.74, 6) is 0.742. The molecule has 2 aromatic heterocycles. The van der Waals surface area contributed by atoms with Crippen LogP contribution in [-0.2, 0) is 0 Å². The molecule has 0 amide bonds. The van der Waals surface area contributed by atoms with Crippen LogP contribution < -0.4 is 15.4 Å². The molecular weight excluding hydrogens is 337 g/mol. The van der Waals surface area contributed by atoms with Crippen molar-refractivity contribution in [1.29, 1.82) is 0 Å². The van der Waals surface area contributed by atoms with Crippen LogP contribution >= 0.6 is 0 Å². The van der Waals surface area contributed by atoms with Gasteiger partial charge in [-0.05, 0) is 25.0 Å². The summed E-state index contributed by atoms with van der Waals surface area (Å²) in [6.45, 7) is 2.77. The van der Waals surface area contributed by atoms with Crippen molar-refractivity contribution in [1.82, 2.24) is 15.0 Å². The van der Waals surface area contributed by atoms with Crippen molar-refractivity contribution in [2.75, 3.05) is 36.0 Å². The van der Waals surface area contributed by atoms with Crippen molar-refractivity contribution < 1.29 is 8.81 Å². The van der Waals surface area contributed by atoms with Gasteiger partial charge in [0.05, 0.1) is 5.69 Å². The molecule has 26 heavy (non-hydrogen) atoms. The fourth-order valence-corrected chi connectivity index (χ4v) is 3.33. The second kappa shape index (κ2) is 5.82. The molecule has 1 aliphatic carbocycles. The molecule has 1 aliphatic heterocycles. The zero-order valence-electron chi connectivity index (χ0n) is 14.1. The van der Waals surface area contributed by atoms with E-state index in [4.69, 9.17) is 4.42 Å². The van der Waals surface area contributed by atoms with E-state index in [1.54, 1.807) is 12.1 Å². The number of nitrogens with one attached hydrogen (secondary N) is 1. The monoisotopic (exact) mass is 355 g/mol. The van der Waals surface area contributed by atoms with Crippen LogP contribution in [0.3, 0.4) is 0 Å². The van der Waals surface area contributed by atoms with Crippen LogP contribution in [-0.4, -0.2) is 41.1 Å². The summed E-state index contributed by atoms with van der Waals surface area (Å²) >= 11 is 0. The molecule has 1 saturated carbocycles. The molecule has 3 aromatic rings. The predicted molar refractivity (Wildman–Crippen MR) is 95.2 cm³/mol. The molecule has 0 spiro atoms. The Morgan fingerprint density at radius 3 is 2.62 bits per heavy atom. The van der Waals surface area contributed by atoms with Gasteiger partial charge in [0.1, 0.15) is 11.3 Å². The molecule has 0 bridgehead atoms. The Balaban J connectivity index is 1.33. The van der Waals surface area contributed by atoms with Gasteiger partial charge in [-0.2, -0.15) is 4.98 Å². The number of piperazine rings is 1. The van der Waals surface area contributed by atoms with Crippen molar-refractivity contribution >= 4 is 23.1 Å². The number of oxazole rings is 1. The highest BCUT2D eigenvalue weighted by Gasteiger charge is 2.27. The molecule has 2 aliphatic rings. The highest BCUT2D eigenvalue weighted by Crippen LogP contribution is 2.38. The molecule has 3 heterocycles. The molecule has 2 fully saturated rings. The normalized spacial score (nSPS) is 17.9. The molecule has 8 heteroatoms. The number of H-pyrrole nitrogens is 1. The minimum Gasteiger partial charge on any atom is -0.423 e. The van der Waals surface area contributed by atoms with Crippen molar-refractivity contribution in [3.05, 3.63) is 46.1 Å². The van der Waals surface area contributed by atoms with Crippen LogP contribution in [0.1, 0.15) is 24.5 Å². The minimum atomic E-state index is -0.337. The van der Waals surface area contributed by atoms with E-state index in [-0.39, 0.29) is 11.4 Å². The number of aromatic amines is 1. The first-order valence-corrected chi connectivity index (χ1v) is 8.83. The second-order valence-corrected chi connectivity index (χ2v) is 6.85. The highest BCUT2D eigenvalue weighted by atomic mass is 19.1. The van der Waals surface area contributed by atoms with Gasteiger partial charge in [0.25, 0.3) is 11.6 Å². The smallest absolute Gasteiger partial charge is 0.298 e. The lowest BCUT2D eigenvalue weighted by Gasteiger charge is -2.34. The zero-order chi connectivity index (χ0) is 17.7. The van der Waals surface area contributed by atoms with Crippen molar-refractivity contribution in [3.8, 4) is 0 Å². The van der Waals surface area contributed by atoms with Gasteiger partial charge in [0, 0.05) is 44.2 Å². The number of rotatable bonds is 3. The van der Waals surface area contributed by atoms with Gasteiger partial charge in [0.2, 0.25) is 5.95 Å². The van der Waals surface area contributed by atoms with E-state index in [2.05, 4.69) is 19.9 Å². The average Bonchev–Trinajstić information content (AvgIpc) is 3.41. The maximum Gasteiger partial charge on any atom is 0.298 e. The molecule has 0 unspecified atom stereocenters. The number of anilines is 2. The van der Waals surface area contributed by atoms with E-state index in [1.807, 2.05) is 4.90 Å². The van der Waals surface area contributed by atoms with E-state index >= 15 is 0 Å². The number of fused-ring (bicyclic) bond motifs is 1. The SMILES string of the molecule is O=c1cc(C2CC2)nc(N2CCN(c3nc4ccc(F)cc4o3)CC2)[nH]1. The molecule has 1 aromatic carbocycles. The third kappa shape index (κ3) is 2.81.